The summed E-state index contributed by atoms with van der Waals surface area (Å²) < 4.78 is 22.4. The van der Waals surface area contributed by atoms with Crippen molar-refractivity contribution in [3.05, 3.63) is 71.8 Å². The van der Waals surface area contributed by atoms with Crippen molar-refractivity contribution in [3.8, 4) is 0 Å². The summed E-state index contributed by atoms with van der Waals surface area (Å²) in [7, 11) is 0. The van der Waals surface area contributed by atoms with E-state index in [1.807, 2.05) is 48.5 Å². The molecule has 2 aromatic carbocycles. The first-order valence-electron chi connectivity index (χ1n) is 11.7. The summed E-state index contributed by atoms with van der Waals surface area (Å²) in [5.41, 5.74) is -0.483. The van der Waals surface area contributed by atoms with Crippen molar-refractivity contribution in [2.24, 2.45) is 0 Å². The van der Waals surface area contributed by atoms with E-state index in [2.05, 4.69) is 0 Å². The van der Waals surface area contributed by atoms with Gasteiger partial charge in [0, 0.05) is 0 Å². The lowest BCUT2D eigenvalue weighted by molar-refractivity contribution is -0.227. The summed E-state index contributed by atoms with van der Waals surface area (Å²) in [6.45, 7) is 3.14. The van der Waals surface area contributed by atoms with Crippen LogP contribution in [0.15, 0.2) is 60.7 Å². The van der Waals surface area contributed by atoms with Crippen LogP contribution >= 0.6 is 0 Å². The Labute approximate surface area is 207 Å². The van der Waals surface area contributed by atoms with Crippen LogP contribution in [-0.4, -0.2) is 70.9 Å². The maximum absolute atomic E-state index is 13.6. The van der Waals surface area contributed by atoms with Gasteiger partial charge in [-0.1, -0.05) is 60.7 Å². The molecule has 5 rings (SSSR count). The number of benzene rings is 2. The molecule has 3 fully saturated rings. The van der Waals surface area contributed by atoms with Gasteiger partial charge in [-0.05, 0) is 25.0 Å². The standard InChI is InChI=1S/C26H26N2O8/c1-16-26(36-17(2)35-16,24(31)33-14-18-9-5-3-6-10-18)28-20(13-29)22(23(28)30)27-21(15-34-25(27)32)19-11-7-4-8-12-19/h3-13,16-17,20-22H,14-15H2,1-2H3/t16?,17?,20-,21-,22+,26?/m1/s1. The zero-order chi connectivity index (χ0) is 25.4. The van der Waals surface area contributed by atoms with Crippen molar-refractivity contribution < 1.29 is 38.1 Å². The number of carbonyl (C=O) groups excluding carboxylic acids is 4. The number of amides is 2. The van der Waals surface area contributed by atoms with Crippen LogP contribution in [0.5, 0.6) is 0 Å². The van der Waals surface area contributed by atoms with Gasteiger partial charge >= 0.3 is 12.1 Å². The molecule has 0 saturated carbocycles. The zero-order valence-corrected chi connectivity index (χ0v) is 19.8. The molecule has 3 heterocycles. The van der Waals surface area contributed by atoms with E-state index in [0.29, 0.717) is 6.29 Å². The van der Waals surface area contributed by atoms with Gasteiger partial charge in [0.15, 0.2) is 6.29 Å². The average molecular weight is 495 g/mol. The predicted octanol–water partition coefficient (Wildman–Crippen LogP) is 2.18. The first-order valence-corrected chi connectivity index (χ1v) is 11.7. The Balaban J connectivity index is 1.44. The highest BCUT2D eigenvalue weighted by atomic mass is 16.8. The molecule has 3 aliphatic rings. The van der Waals surface area contributed by atoms with E-state index in [1.54, 1.807) is 26.0 Å². The molecule has 0 spiro atoms. The van der Waals surface area contributed by atoms with Crippen molar-refractivity contribution in [2.75, 3.05) is 6.61 Å². The number of likely N-dealkylation sites (tertiary alicyclic amines) is 1. The normalized spacial score (nSPS) is 31.7. The molecule has 6 atom stereocenters. The maximum atomic E-state index is 13.6. The Morgan fingerprint density at radius 1 is 1.08 bits per heavy atom. The third-order valence-corrected chi connectivity index (χ3v) is 6.80. The van der Waals surface area contributed by atoms with Crippen LogP contribution in [0.2, 0.25) is 0 Å². The number of hydrogen-bond donors (Lipinski definition) is 0. The van der Waals surface area contributed by atoms with Crippen LogP contribution < -0.4 is 0 Å². The van der Waals surface area contributed by atoms with E-state index in [1.165, 1.54) is 4.90 Å². The molecule has 3 unspecified atom stereocenters. The number of β-lactam (4-membered cyclic amide) rings is 1. The average Bonchev–Trinajstić information content (AvgIpc) is 3.40. The molecule has 0 radical (unpaired) electrons. The molecule has 0 bridgehead atoms. The van der Waals surface area contributed by atoms with E-state index in [9.17, 15) is 19.2 Å². The number of esters is 1. The molecule has 36 heavy (non-hydrogen) atoms. The molecule has 3 saturated heterocycles. The fourth-order valence-corrected chi connectivity index (χ4v) is 5.12. The monoisotopic (exact) mass is 494 g/mol. The Morgan fingerprint density at radius 2 is 1.75 bits per heavy atom. The number of cyclic esters (lactones) is 1. The Kier molecular flexibility index (Phi) is 6.23. The predicted molar refractivity (Wildman–Crippen MR) is 123 cm³/mol. The number of carbonyl (C=O) groups is 4. The van der Waals surface area contributed by atoms with Gasteiger partial charge < -0.3 is 23.7 Å². The second-order valence-electron chi connectivity index (χ2n) is 8.91. The Morgan fingerprint density at radius 3 is 2.36 bits per heavy atom. The molecule has 2 amide bonds. The fourth-order valence-electron chi connectivity index (χ4n) is 5.12. The molecule has 0 N–H and O–H groups in total. The maximum Gasteiger partial charge on any atom is 0.411 e. The van der Waals surface area contributed by atoms with Crippen LogP contribution in [0.1, 0.15) is 31.0 Å². The quantitative estimate of drug-likeness (QED) is 0.327. The molecule has 0 aliphatic carbocycles. The molecule has 3 aliphatic heterocycles. The summed E-state index contributed by atoms with van der Waals surface area (Å²) in [5, 5.41) is 0. The van der Waals surface area contributed by atoms with Gasteiger partial charge in [0.25, 0.3) is 11.6 Å². The van der Waals surface area contributed by atoms with Gasteiger partial charge in [-0.15, -0.1) is 0 Å². The van der Waals surface area contributed by atoms with E-state index in [0.717, 1.165) is 16.0 Å². The summed E-state index contributed by atoms with van der Waals surface area (Å²) >= 11 is 0. The molecule has 10 nitrogen and oxygen atoms in total. The van der Waals surface area contributed by atoms with Gasteiger partial charge in [0.1, 0.15) is 37.7 Å². The smallest absolute Gasteiger partial charge is 0.411 e. The highest BCUT2D eigenvalue weighted by molar-refractivity contribution is 6.02. The third kappa shape index (κ3) is 3.73. The number of hydrogen-bond acceptors (Lipinski definition) is 8. The molecule has 2 aromatic rings. The topological polar surface area (TPSA) is 112 Å². The van der Waals surface area contributed by atoms with Gasteiger partial charge in [0.05, 0.1) is 6.04 Å². The largest absolute Gasteiger partial charge is 0.457 e. The van der Waals surface area contributed by atoms with Gasteiger partial charge in [-0.25, -0.2) is 9.59 Å². The zero-order valence-electron chi connectivity index (χ0n) is 19.8. The second-order valence-corrected chi connectivity index (χ2v) is 8.91. The first-order chi connectivity index (χ1) is 17.4. The molecule has 188 valence electrons. The molecular formula is C26H26N2O8. The molecule has 0 aromatic heterocycles. The van der Waals surface area contributed by atoms with E-state index in [-0.39, 0.29) is 13.2 Å². The minimum Gasteiger partial charge on any atom is -0.457 e. The van der Waals surface area contributed by atoms with Crippen molar-refractivity contribution in [1.29, 1.82) is 0 Å². The van der Waals surface area contributed by atoms with Crippen LogP contribution in [0, 0.1) is 0 Å². The van der Waals surface area contributed by atoms with Gasteiger partial charge in [-0.3, -0.25) is 14.6 Å². The number of rotatable bonds is 7. The SMILES string of the molecule is CC1OC(C)C(C(=O)OCc2ccccc2)(N2C(=O)[C@@H](N3C(=O)OC[C@@H]3c3ccccc3)[C@H]2C=O)O1. The third-order valence-electron chi connectivity index (χ3n) is 6.80. The molecule has 10 heteroatoms. The lowest BCUT2D eigenvalue weighted by Gasteiger charge is -2.54. The van der Waals surface area contributed by atoms with E-state index in [4.69, 9.17) is 18.9 Å². The van der Waals surface area contributed by atoms with Crippen LogP contribution in [0.25, 0.3) is 0 Å². The van der Waals surface area contributed by atoms with Crippen molar-refractivity contribution >= 4 is 24.3 Å². The lowest BCUT2D eigenvalue weighted by Crippen LogP contribution is -2.80. The highest BCUT2D eigenvalue weighted by Crippen LogP contribution is 2.44. The Bertz CT molecular complexity index is 1160. The van der Waals surface area contributed by atoms with Crippen molar-refractivity contribution in [1.82, 2.24) is 9.80 Å². The van der Waals surface area contributed by atoms with Gasteiger partial charge in [-0.2, -0.15) is 0 Å². The first kappa shape index (κ1) is 24.0. The fraction of sp³-hybridized carbons (Fsp3) is 0.385. The summed E-state index contributed by atoms with van der Waals surface area (Å²) in [6, 6.07) is 15.2. The second kappa shape index (κ2) is 9.36. The lowest BCUT2D eigenvalue weighted by atomic mass is 9.87. The van der Waals surface area contributed by atoms with E-state index >= 15 is 0 Å². The summed E-state index contributed by atoms with van der Waals surface area (Å²) in [5.74, 6) is -1.49. The van der Waals surface area contributed by atoms with Crippen LogP contribution in [0.3, 0.4) is 0 Å². The minimum atomic E-state index is -1.99. The minimum absolute atomic E-state index is 0.0372. The number of ether oxygens (including phenoxy) is 4. The highest BCUT2D eigenvalue weighted by Gasteiger charge is 2.70. The van der Waals surface area contributed by atoms with E-state index < -0.39 is 54.2 Å². The Hall–Kier alpha value is -3.76. The number of aldehydes is 1. The summed E-state index contributed by atoms with van der Waals surface area (Å²) in [4.78, 5) is 54.4. The van der Waals surface area contributed by atoms with Crippen molar-refractivity contribution in [2.45, 2.75) is 56.7 Å². The number of nitrogens with zero attached hydrogens (tertiary/aromatic N) is 2. The van der Waals surface area contributed by atoms with Gasteiger partial charge in [0.2, 0.25) is 0 Å². The van der Waals surface area contributed by atoms with Crippen LogP contribution in [0.4, 0.5) is 4.79 Å². The summed E-state index contributed by atoms with van der Waals surface area (Å²) in [6.07, 6.45) is -1.94. The van der Waals surface area contributed by atoms with Crippen LogP contribution in [-0.2, 0) is 39.9 Å². The van der Waals surface area contributed by atoms with Crippen molar-refractivity contribution in [3.63, 3.8) is 0 Å². The molecular weight excluding hydrogens is 468 g/mol.